The summed E-state index contributed by atoms with van der Waals surface area (Å²) >= 11 is 0. The Kier molecular flexibility index (Phi) is 12.3. The number of unbranched alkanes of at least 4 members (excludes halogenated alkanes) is 1. The molecule has 22 heteroatoms. The zero-order valence-electron chi connectivity index (χ0n) is 28.7. The van der Waals surface area contributed by atoms with Crippen LogP contribution in [0.4, 0.5) is 87.8 Å². The molecule has 1 aromatic heterocycles. The Morgan fingerprint density at radius 2 is 0.610 bits per heavy atom. The van der Waals surface area contributed by atoms with Gasteiger partial charge in [-0.1, -0.05) is 25.5 Å². The first-order valence-corrected chi connectivity index (χ1v) is 16.2. The van der Waals surface area contributed by atoms with E-state index in [0.29, 0.717) is 0 Å². The Labute approximate surface area is 316 Å². The standard InChI is InChI=1S/C24BF20.C13H16N/c26-5-1(6(27)14(35)21(42)13(5)34)25(2-7(28)15(36)22(43)16(37)8(2)29,3-9(30)17(38)23(44)18(39)10(3)31)4-11(32)19(40)24(45)20(41)12(4)33;1-2-3-10-14-11-6-8-12-7-4-5-9-13(12)14/h;4-9,11H,2-3,10H2,1H3/q-1;+1. The molecule has 0 unspecified atom stereocenters. The van der Waals surface area contributed by atoms with Crippen LogP contribution >= 0.6 is 0 Å². The highest BCUT2D eigenvalue weighted by Crippen LogP contribution is 2.30. The van der Waals surface area contributed by atoms with Gasteiger partial charge in [-0.05, 0) is 12.1 Å². The van der Waals surface area contributed by atoms with Crippen molar-refractivity contribution in [2.24, 2.45) is 0 Å². The predicted molar refractivity (Wildman–Crippen MR) is 168 cm³/mol. The van der Waals surface area contributed by atoms with Crippen molar-refractivity contribution in [1.29, 1.82) is 0 Å². The van der Waals surface area contributed by atoms with Gasteiger partial charge in [-0.2, -0.15) is 4.57 Å². The second-order valence-corrected chi connectivity index (χ2v) is 12.4. The van der Waals surface area contributed by atoms with Gasteiger partial charge in [-0.25, -0.2) is 87.8 Å². The molecule has 5 aromatic carbocycles. The maximum atomic E-state index is 15.4. The van der Waals surface area contributed by atoms with Crippen LogP contribution in [0, 0.1) is 116 Å². The Hall–Kier alpha value is -5.83. The molecule has 6 aromatic rings. The quantitative estimate of drug-likeness (QED) is 0.0498. The Morgan fingerprint density at radius 1 is 0.356 bits per heavy atom. The molecule has 0 aliphatic rings. The summed E-state index contributed by atoms with van der Waals surface area (Å²) in [5.41, 5.74) is -13.0. The van der Waals surface area contributed by atoms with Gasteiger partial charge in [-0.15, -0.1) is 21.9 Å². The molecular formula is C37H16BF20N. The number of hydrogen-bond acceptors (Lipinski definition) is 0. The molecule has 0 aliphatic carbocycles. The normalized spacial score (nSPS) is 11.7. The highest BCUT2D eigenvalue weighted by atomic mass is 19.2. The lowest BCUT2D eigenvalue weighted by Crippen LogP contribution is -2.81. The SMILES string of the molecule is CCCC[n+]1cccc2ccccc21.Fc1c(F)c(F)c([B-](c2c(F)c(F)c(F)c(F)c2F)(c2c(F)c(F)c(F)c(F)c2F)c2c(F)c(F)c(F)c(F)c2F)c(F)c1F. The minimum absolute atomic E-state index is 1.12. The number of benzene rings is 5. The van der Waals surface area contributed by atoms with E-state index in [4.69, 9.17) is 0 Å². The molecule has 1 heterocycles. The van der Waals surface area contributed by atoms with Crippen LogP contribution in [0.25, 0.3) is 10.9 Å². The average Bonchev–Trinajstić information content (AvgIpc) is 3.22. The first-order valence-electron chi connectivity index (χ1n) is 16.2. The zero-order valence-corrected chi connectivity index (χ0v) is 28.7. The fourth-order valence-electron chi connectivity index (χ4n) is 6.62. The van der Waals surface area contributed by atoms with Crippen molar-refractivity contribution in [2.45, 2.75) is 26.3 Å². The van der Waals surface area contributed by atoms with Crippen LogP contribution in [-0.4, -0.2) is 6.15 Å². The molecule has 312 valence electrons. The van der Waals surface area contributed by atoms with Crippen LogP contribution in [-0.2, 0) is 6.54 Å². The topological polar surface area (TPSA) is 3.88 Å². The third-order valence-electron chi connectivity index (χ3n) is 9.25. The summed E-state index contributed by atoms with van der Waals surface area (Å²) in [6, 6.07) is 12.8. The van der Waals surface area contributed by atoms with E-state index >= 15 is 35.1 Å². The van der Waals surface area contributed by atoms with Gasteiger partial charge < -0.3 is 0 Å². The van der Waals surface area contributed by atoms with Crippen LogP contribution in [0.15, 0.2) is 42.6 Å². The Bertz CT molecular complexity index is 2280. The van der Waals surface area contributed by atoms with E-state index in [1.54, 1.807) is 0 Å². The highest BCUT2D eigenvalue weighted by Gasteiger charge is 2.52. The number of hydrogen-bond donors (Lipinski definition) is 0. The van der Waals surface area contributed by atoms with Crippen molar-refractivity contribution in [2.75, 3.05) is 0 Å². The summed E-state index contributed by atoms with van der Waals surface area (Å²) in [4.78, 5) is 0. The molecule has 0 saturated heterocycles. The molecule has 59 heavy (non-hydrogen) atoms. The highest BCUT2D eigenvalue weighted by molar-refractivity contribution is 7.20. The number of aryl methyl sites for hydroxylation is 1. The van der Waals surface area contributed by atoms with Crippen molar-refractivity contribution in [3.8, 4) is 0 Å². The van der Waals surface area contributed by atoms with Gasteiger partial charge >= 0.3 is 0 Å². The first-order chi connectivity index (χ1) is 27.6. The number of pyridine rings is 1. The van der Waals surface area contributed by atoms with E-state index in [1.165, 1.54) is 23.7 Å². The van der Waals surface area contributed by atoms with Gasteiger partial charge in [0.15, 0.2) is 76.0 Å². The van der Waals surface area contributed by atoms with Crippen LogP contribution in [0.2, 0.25) is 0 Å². The largest absolute Gasteiger partial charge is 0.212 e. The molecule has 0 fully saturated rings. The summed E-state index contributed by atoms with van der Waals surface area (Å²) in [6.07, 6.45) is -2.56. The number of aromatic nitrogens is 1. The van der Waals surface area contributed by atoms with Crippen LogP contribution in [0.1, 0.15) is 19.8 Å². The number of halogens is 20. The molecule has 0 amide bonds. The molecule has 0 saturated carbocycles. The van der Waals surface area contributed by atoms with Crippen molar-refractivity contribution >= 4 is 38.9 Å². The summed E-state index contributed by atoms with van der Waals surface area (Å²) < 4.78 is 296. The third kappa shape index (κ3) is 6.78. The van der Waals surface area contributed by atoms with Crippen LogP contribution < -0.4 is 26.4 Å². The lowest BCUT2D eigenvalue weighted by Gasteiger charge is -2.44. The minimum Gasteiger partial charge on any atom is -0.207 e. The van der Waals surface area contributed by atoms with E-state index in [2.05, 4.69) is 54.1 Å². The van der Waals surface area contributed by atoms with E-state index in [9.17, 15) is 52.7 Å². The molecule has 0 N–H and O–H groups in total. The van der Waals surface area contributed by atoms with E-state index in [1.807, 2.05) is 0 Å². The maximum Gasteiger partial charge on any atom is 0.212 e. The fourth-order valence-corrected chi connectivity index (χ4v) is 6.62. The number of fused-ring (bicyclic) bond motifs is 1. The van der Waals surface area contributed by atoms with E-state index < -0.39 is 144 Å². The number of rotatable bonds is 7. The summed E-state index contributed by atoms with van der Waals surface area (Å²) in [6.45, 7) is 3.35. The Morgan fingerprint density at radius 3 is 0.898 bits per heavy atom. The van der Waals surface area contributed by atoms with E-state index in [-0.39, 0.29) is 0 Å². The van der Waals surface area contributed by atoms with E-state index in [0.717, 1.165) is 6.54 Å². The Balaban J connectivity index is 0.000000395. The summed E-state index contributed by atoms with van der Waals surface area (Å²) in [5.74, 6) is -71.4. The fraction of sp³-hybridized carbons (Fsp3) is 0.108. The predicted octanol–water partition coefficient (Wildman–Crippen LogP) is 8.77. The lowest BCUT2D eigenvalue weighted by molar-refractivity contribution is -0.671. The van der Waals surface area contributed by atoms with Gasteiger partial charge in [0.25, 0.3) is 0 Å². The first kappa shape index (κ1) is 44.3. The van der Waals surface area contributed by atoms with Crippen molar-refractivity contribution in [3.05, 3.63) is 159 Å². The monoisotopic (exact) mass is 865 g/mol. The minimum atomic E-state index is -7.22. The van der Waals surface area contributed by atoms with Crippen LogP contribution in [0.5, 0.6) is 0 Å². The third-order valence-corrected chi connectivity index (χ3v) is 9.25. The molecule has 1 nitrogen and oxygen atoms in total. The van der Waals surface area contributed by atoms with Crippen molar-refractivity contribution < 1.29 is 92.4 Å². The van der Waals surface area contributed by atoms with Gasteiger partial charge in [0, 0.05) is 23.9 Å². The second-order valence-electron chi connectivity index (χ2n) is 12.4. The van der Waals surface area contributed by atoms with Gasteiger partial charge in [0.05, 0.1) is 0 Å². The zero-order chi connectivity index (χ0) is 44.2. The van der Waals surface area contributed by atoms with Crippen molar-refractivity contribution in [1.82, 2.24) is 0 Å². The molecule has 0 radical (unpaired) electrons. The second kappa shape index (κ2) is 16.4. The molecule has 0 bridgehead atoms. The maximum absolute atomic E-state index is 15.4. The van der Waals surface area contributed by atoms with Gasteiger partial charge in [-0.3, -0.25) is 0 Å². The number of para-hydroxylation sites is 1. The number of nitrogens with zero attached hydrogens (tertiary/aromatic N) is 1. The molecular weight excluding hydrogens is 849 g/mol. The molecule has 0 spiro atoms. The average molecular weight is 865 g/mol. The van der Waals surface area contributed by atoms with Crippen LogP contribution in [0.3, 0.4) is 0 Å². The lowest BCUT2D eigenvalue weighted by atomic mass is 9.12. The summed E-state index contributed by atoms with van der Waals surface area (Å²) in [7, 11) is 0. The van der Waals surface area contributed by atoms with Crippen molar-refractivity contribution in [3.63, 3.8) is 0 Å². The summed E-state index contributed by atoms with van der Waals surface area (Å²) in [5, 5.41) is 1.33. The van der Waals surface area contributed by atoms with Gasteiger partial charge in [0.1, 0.15) is 59.2 Å². The molecule has 0 aliphatic heterocycles. The molecule has 6 rings (SSSR count). The smallest absolute Gasteiger partial charge is 0.207 e. The van der Waals surface area contributed by atoms with Gasteiger partial charge in [0.2, 0.25) is 5.52 Å². The molecule has 0 atom stereocenters.